The molecule has 0 saturated heterocycles. The molecule has 0 aliphatic rings. The second-order valence-corrected chi connectivity index (χ2v) is 4.20. The van der Waals surface area contributed by atoms with Crippen LogP contribution in [0, 0.1) is 0 Å². The van der Waals surface area contributed by atoms with E-state index in [-0.39, 0.29) is 5.78 Å². The highest BCUT2D eigenvalue weighted by Crippen LogP contribution is 2.23. The summed E-state index contributed by atoms with van der Waals surface area (Å²) in [5, 5.41) is 0. The first-order valence-electron chi connectivity index (χ1n) is 5.28. The quantitative estimate of drug-likeness (QED) is 0.609. The summed E-state index contributed by atoms with van der Waals surface area (Å²) < 4.78 is 1.43. The Hall–Kier alpha value is -1.80. The van der Waals surface area contributed by atoms with Gasteiger partial charge >= 0.3 is 0 Å². The van der Waals surface area contributed by atoms with Crippen LogP contribution in [0.5, 0.6) is 0 Å². The van der Waals surface area contributed by atoms with E-state index in [9.17, 15) is 4.79 Å². The second-order valence-electron chi connectivity index (χ2n) is 3.69. The van der Waals surface area contributed by atoms with Gasteiger partial charge in [0.2, 0.25) is 0 Å². The van der Waals surface area contributed by atoms with Crippen LogP contribution < -0.4 is 4.42 Å². The van der Waals surface area contributed by atoms with Gasteiger partial charge in [-0.3, -0.25) is 9.21 Å². The van der Waals surface area contributed by atoms with Gasteiger partial charge in [0.05, 0.1) is 5.69 Å². The Morgan fingerprint density at radius 2 is 1.59 bits per heavy atom. The number of carbonyl (C=O) groups excluding carboxylic acids is 1. The molecule has 0 aliphatic heterocycles. The molecular formula is C14H12ClNO. The smallest absolute Gasteiger partial charge is 0.195 e. The molecule has 3 heteroatoms. The van der Waals surface area contributed by atoms with Gasteiger partial charge in [-0.2, -0.15) is 0 Å². The second kappa shape index (κ2) is 5.02. The highest BCUT2D eigenvalue weighted by atomic mass is 35.5. The molecule has 86 valence electrons. The van der Waals surface area contributed by atoms with E-state index in [2.05, 4.69) is 0 Å². The minimum absolute atomic E-state index is 0.0197. The van der Waals surface area contributed by atoms with E-state index < -0.39 is 0 Å². The van der Waals surface area contributed by atoms with Crippen molar-refractivity contribution < 1.29 is 4.79 Å². The lowest BCUT2D eigenvalue weighted by Crippen LogP contribution is -2.09. The molecule has 0 fully saturated rings. The SMILES string of the molecule is CN(Cl)c1ccccc1C(=O)c1ccccc1. The average Bonchev–Trinajstić information content (AvgIpc) is 2.39. The van der Waals surface area contributed by atoms with Gasteiger partial charge in [0.25, 0.3) is 0 Å². The van der Waals surface area contributed by atoms with Gasteiger partial charge in [0.1, 0.15) is 0 Å². The fourth-order valence-electron chi connectivity index (χ4n) is 1.68. The van der Waals surface area contributed by atoms with Crippen LogP contribution in [0.4, 0.5) is 5.69 Å². The van der Waals surface area contributed by atoms with Crippen LogP contribution in [-0.2, 0) is 0 Å². The van der Waals surface area contributed by atoms with Gasteiger partial charge in [-0.15, -0.1) is 0 Å². The summed E-state index contributed by atoms with van der Waals surface area (Å²) in [5.41, 5.74) is 1.98. The number of ketones is 1. The van der Waals surface area contributed by atoms with Gasteiger partial charge < -0.3 is 0 Å². The van der Waals surface area contributed by atoms with Gasteiger partial charge in [-0.25, -0.2) is 0 Å². The molecule has 2 rings (SSSR count). The summed E-state index contributed by atoms with van der Waals surface area (Å²) in [5.74, 6) is -0.0197. The number of benzene rings is 2. The number of carbonyl (C=O) groups is 1. The normalized spacial score (nSPS) is 10.0. The van der Waals surface area contributed by atoms with Crippen molar-refractivity contribution in [2.24, 2.45) is 0 Å². The highest BCUT2D eigenvalue weighted by Gasteiger charge is 2.14. The van der Waals surface area contributed by atoms with Crippen LogP contribution >= 0.6 is 11.8 Å². The lowest BCUT2D eigenvalue weighted by molar-refractivity contribution is 0.103. The molecule has 0 saturated carbocycles. The van der Waals surface area contributed by atoms with Crippen LogP contribution in [0.1, 0.15) is 15.9 Å². The average molecular weight is 246 g/mol. The number of hydrogen-bond acceptors (Lipinski definition) is 2. The molecule has 0 N–H and O–H groups in total. The fourth-order valence-corrected chi connectivity index (χ4v) is 1.83. The molecule has 2 aromatic carbocycles. The number of halogens is 1. The third-order valence-electron chi connectivity index (χ3n) is 2.52. The first-order chi connectivity index (χ1) is 8.20. The minimum Gasteiger partial charge on any atom is -0.289 e. The zero-order chi connectivity index (χ0) is 12.3. The Bertz CT molecular complexity index is 523. The third-order valence-corrected chi connectivity index (χ3v) is 2.70. The summed E-state index contributed by atoms with van der Waals surface area (Å²) in [4.78, 5) is 12.3. The predicted octanol–water partition coefficient (Wildman–Crippen LogP) is 3.51. The van der Waals surface area contributed by atoms with Crippen molar-refractivity contribution in [3.63, 3.8) is 0 Å². The summed E-state index contributed by atoms with van der Waals surface area (Å²) in [7, 11) is 1.71. The van der Waals surface area contributed by atoms with Crippen LogP contribution in [0.25, 0.3) is 0 Å². The number of para-hydroxylation sites is 1. The maximum Gasteiger partial charge on any atom is 0.195 e. The van der Waals surface area contributed by atoms with Crippen molar-refractivity contribution >= 4 is 23.2 Å². The van der Waals surface area contributed by atoms with Crippen molar-refractivity contribution in [1.29, 1.82) is 0 Å². The molecule has 0 heterocycles. The molecule has 2 nitrogen and oxygen atoms in total. The van der Waals surface area contributed by atoms with E-state index in [1.165, 1.54) is 4.42 Å². The summed E-state index contributed by atoms with van der Waals surface area (Å²) >= 11 is 5.92. The molecule has 0 unspecified atom stereocenters. The zero-order valence-electron chi connectivity index (χ0n) is 9.43. The van der Waals surface area contributed by atoms with Gasteiger partial charge in [0.15, 0.2) is 5.78 Å². The fraction of sp³-hybridized carbons (Fsp3) is 0.0714. The zero-order valence-corrected chi connectivity index (χ0v) is 10.2. The molecule has 0 aromatic heterocycles. The van der Waals surface area contributed by atoms with E-state index in [1.807, 2.05) is 36.4 Å². The summed E-state index contributed by atoms with van der Waals surface area (Å²) in [6, 6.07) is 16.5. The molecule has 2 aromatic rings. The Morgan fingerprint density at radius 1 is 1.00 bits per heavy atom. The van der Waals surface area contributed by atoms with Crippen molar-refractivity contribution in [2.75, 3.05) is 11.5 Å². The molecule has 0 spiro atoms. The van der Waals surface area contributed by atoms with Crippen molar-refractivity contribution in [3.05, 3.63) is 65.7 Å². The molecule has 0 atom stereocenters. The Labute approximate surface area is 106 Å². The topological polar surface area (TPSA) is 20.3 Å². The highest BCUT2D eigenvalue weighted by molar-refractivity contribution is 6.27. The lowest BCUT2D eigenvalue weighted by atomic mass is 10.0. The maximum absolute atomic E-state index is 12.3. The van der Waals surface area contributed by atoms with Crippen molar-refractivity contribution in [2.45, 2.75) is 0 Å². The van der Waals surface area contributed by atoms with Crippen LogP contribution in [0.15, 0.2) is 54.6 Å². The van der Waals surface area contributed by atoms with E-state index in [4.69, 9.17) is 11.8 Å². The monoisotopic (exact) mass is 245 g/mol. The number of rotatable bonds is 3. The molecule has 0 amide bonds. The van der Waals surface area contributed by atoms with Gasteiger partial charge in [0, 0.05) is 30.0 Å². The number of nitrogens with zero attached hydrogens (tertiary/aromatic N) is 1. The standard InChI is InChI=1S/C14H12ClNO/c1-16(15)13-10-6-5-9-12(13)14(17)11-7-3-2-4-8-11/h2-10H,1H3. The Kier molecular flexibility index (Phi) is 3.45. The number of anilines is 1. The van der Waals surface area contributed by atoms with Crippen molar-refractivity contribution in [3.8, 4) is 0 Å². The molecule has 0 radical (unpaired) electrons. The van der Waals surface area contributed by atoms with E-state index >= 15 is 0 Å². The van der Waals surface area contributed by atoms with Crippen LogP contribution in [-0.4, -0.2) is 12.8 Å². The first-order valence-corrected chi connectivity index (χ1v) is 5.62. The lowest BCUT2D eigenvalue weighted by Gasteiger charge is -2.13. The van der Waals surface area contributed by atoms with Crippen LogP contribution in [0.3, 0.4) is 0 Å². The van der Waals surface area contributed by atoms with Crippen molar-refractivity contribution in [1.82, 2.24) is 0 Å². The third kappa shape index (κ3) is 2.48. The predicted molar refractivity (Wildman–Crippen MR) is 70.6 cm³/mol. The molecule has 0 aliphatic carbocycles. The Morgan fingerprint density at radius 3 is 2.24 bits per heavy atom. The van der Waals surface area contributed by atoms with E-state index in [1.54, 1.807) is 25.2 Å². The largest absolute Gasteiger partial charge is 0.289 e. The first kappa shape index (κ1) is 11.7. The van der Waals surface area contributed by atoms with E-state index in [0.717, 1.165) is 0 Å². The summed E-state index contributed by atoms with van der Waals surface area (Å²) in [6.45, 7) is 0. The minimum atomic E-state index is -0.0197. The Balaban J connectivity index is 2.45. The van der Waals surface area contributed by atoms with Gasteiger partial charge in [-0.1, -0.05) is 42.5 Å². The summed E-state index contributed by atoms with van der Waals surface area (Å²) in [6.07, 6.45) is 0. The van der Waals surface area contributed by atoms with Gasteiger partial charge in [-0.05, 0) is 12.1 Å². The van der Waals surface area contributed by atoms with Crippen LogP contribution in [0.2, 0.25) is 0 Å². The maximum atomic E-state index is 12.3. The number of hydrogen-bond donors (Lipinski definition) is 0. The molecule has 17 heavy (non-hydrogen) atoms. The van der Waals surface area contributed by atoms with E-state index in [0.29, 0.717) is 16.8 Å². The molecule has 0 bridgehead atoms. The molecular weight excluding hydrogens is 234 g/mol.